The summed E-state index contributed by atoms with van der Waals surface area (Å²) in [6, 6.07) is 6.27. The van der Waals surface area contributed by atoms with E-state index in [9.17, 15) is 14.7 Å². The number of fused-ring (bicyclic) bond motifs is 1. The van der Waals surface area contributed by atoms with E-state index in [1.165, 1.54) is 0 Å². The van der Waals surface area contributed by atoms with Crippen LogP contribution in [-0.4, -0.2) is 23.1 Å². The number of hydrogen-bond acceptors (Lipinski definition) is 4. The van der Waals surface area contributed by atoms with Gasteiger partial charge >= 0.3 is 11.9 Å². The lowest BCUT2D eigenvalue weighted by atomic mass is 10.0. The van der Waals surface area contributed by atoms with E-state index in [1.807, 2.05) is 13.8 Å². The number of carbonyl (C=O) groups is 2. The van der Waals surface area contributed by atoms with Crippen molar-refractivity contribution in [2.45, 2.75) is 32.5 Å². The maximum Gasteiger partial charge on any atom is 0.340 e. The van der Waals surface area contributed by atoms with E-state index in [4.69, 9.17) is 4.74 Å². The first kappa shape index (κ1) is 13.5. The maximum atomic E-state index is 11.6. The van der Waals surface area contributed by atoms with Crippen molar-refractivity contribution in [2.24, 2.45) is 5.92 Å². The Balaban J connectivity index is 2.15. The fourth-order valence-electron chi connectivity index (χ4n) is 2.16. The van der Waals surface area contributed by atoms with Crippen molar-refractivity contribution in [2.75, 3.05) is 0 Å². The second-order valence-corrected chi connectivity index (χ2v) is 5.06. The number of carbonyl (C=O) groups excluding carboxylic acids is 1. The summed E-state index contributed by atoms with van der Waals surface area (Å²) in [5.41, 5.74) is 1.19. The molecule has 0 bridgehead atoms. The molecule has 0 aliphatic carbocycles. The quantitative estimate of drug-likeness (QED) is 0.794. The van der Waals surface area contributed by atoms with E-state index >= 15 is 0 Å². The third-order valence-corrected chi connectivity index (χ3v) is 3.05. The highest BCUT2D eigenvalue weighted by Gasteiger charge is 2.33. The van der Waals surface area contributed by atoms with Gasteiger partial charge in [-0.2, -0.15) is 0 Å². The van der Waals surface area contributed by atoms with Gasteiger partial charge in [0, 0.05) is 5.56 Å². The summed E-state index contributed by atoms with van der Waals surface area (Å²) in [4.78, 5) is 22.9. The molecule has 1 aliphatic rings. The first-order valence-corrected chi connectivity index (χ1v) is 6.27. The Morgan fingerprint density at radius 2 is 2.11 bits per heavy atom. The molecule has 1 aromatic carbocycles. The van der Waals surface area contributed by atoms with Gasteiger partial charge in [0.15, 0.2) is 6.23 Å². The minimum absolute atomic E-state index is 0.237. The molecule has 1 heterocycles. The SMILES string of the molecule is CC(C)CC(NC1OC(=O)c2ccccc21)C(=O)O. The van der Waals surface area contributed by atoms with Crippen molar-refractivity contribution in [3.05, 3.63) is 35.4 Å². The van der Waals surface area contributed by atoms with E-state index < -0.39 is 24.2 Å². The molecule has 0 aromatic heterocycles. The van der Waals surface area contributed by atoms with Gasteiger partial charge in [-0.15, -0.1) is 0 Å². The van der Waals surface area contributed by atoms with Crippen molar-refractivity contribution in [1.29, 1.82) is 0 Å². The van der Waals surface area contributed by atoms with Crippen LogP contribution in [0.25, 0.3) is 0 Å². The molecule has 2 unspecified atom stereocenters. The predicted molar refractivity (Wildman–Crippen MR) is 68.6 cm³/mol. The lowest BCUT2D eigenvalue weighted by molar-refractivity contribution is -0.141. The molecule has 1 aromatic rings. The first-order chi connectivity index (χ1) is 8.99. The van der Waals surface area contributed by atoms with Gasteiger partial charge in [-0.25, -0.2) is 4.79 Å². The highest BCUT2D eigenvalue weighted by Crippen LogP contribution is 2.29. The van der Waals surface area contributed by atoms with Crippen LogP contribution < -0.4 is 5.32 Å². The molecule has 5 nitrogen and oxygen atoms in total. The van der Waals surface area contributed by atoms with Gasteiger partial charge in [-0.3, -0.25) is 10.1 Å². The third kappa shape index (κ3) is 2.93. The van der Waals surface area contributed by atoms with Crippen LogP contribution in [0.15, 0.2) is 24.3 Å². The second-order valence-electron chi connectivity index (χ2n) is 5.06. The Bertz CT molecular complexity index is 498. The summed E-state index contributed by atoms with van der Waals surface area (Å²) in [5.74, 6) is -1.11. The van der Waals surface area contributed by atoms with E-state index in [1.54, 1.807) is 24.3 Å². The van der Waals surface area contributed by atoms with Gasteiger partial charge in [0.05, 0.1) is 5.56 Å². The second kappa shape index (κ2) is 5.40. The molecule has 0 radical (unpaired) electrons. The minimum Gasteiger partial charge on any atom is -0.480 e. The molecule has 0 amide bonds. The van der Waals surface area contributed by atoms with Crippen molar-refractivity contribution in [3.63, 3.8) is 0 Å². The van der Waals surface area contributed by atoms with Crippen LogP contribution in [0, 0.1) is 5.92 Å². The van der Waals surface area contributed by atoms with Crippen molar-refractivity contribution in [3.8, 4) is 0 Å². The number of rotatable bonds is 5. The zero-order valence-electron chi connectivity index (χ0n) is 10.9. The molecular weight excluding hydrogens is 246 g/mol. The van der Waals surface area contributed by atoms with E-state index in [0.29, 0.717) is 17.5 Å². The van der Waals surface area contributed by atoms with Crippen molar-refractivity contribution in [1.82, 2.24) is 5.32 Å². The van der Waals surface area contributed by atoms with Crippen molar-refractivity contribution < 1.29 is 19.4 Å². The molecule has 19 heavy (non-hydrogen) atoms. The van der Waals surface area contributed by atoms with Gasteiger partial charge in [-0.1, -0.05) is 32.0 Å². The van der Waals surface area contributed by atoms with E-state index in [0.717, 1.165) is 0 Å². The normalized spacial score (nSPS) is 19.1. The molecule has 2 atom stereocenters. The molecule has 0 saturated heterocycles. The number of benzene rings is 1. The molecule has 0 spiro atoms. The van der Waals surface area contributed by atoms with Crippen LogP contribution in [0.2, 0.25) is 0 Å². The Labute approximate surface area is 111 Å². The number of carboxylic acids is 1. The molecule has 102 valence electrons. The van der Waals surface area contributed by atoms with Crippen molar-refractivity contribution >= 4 is 11.9 Å². The Morgan fingerprint density at radius 3 is 2.74 bits per heavy atom. The summed E-state index contributed by atoms with van der Waals surface area (Å²) < 4.78 is 5.18. The topological polar surface area (TPSA) is 75.6 Å². The predicted octanol–water partition coefficient (Wildman–Crippen LogP) is 1.94. The van der Waals surface area contributed by atoms with Gasteiger partial charge in [0.2, 0.25) is 0 Å². The minimum atomic E-state index is -0.936. The first-order valence-electron chi connectivity index (χ1n) is 6.27. The van der Waals surface area contributed by atoms with Crippen LogP contribution >= 0.6 is 0 Å². The monoisotopic (exact) mass is 263 g/mol. The molecular formula is C14H17NO4. The number of nitrogens with one attached hydrogen (secondary N) is 1. The number of carboxylic acid groups (broad SMARTS) is 1. The summed E-state index contributed by atoms with van der Waals surface area (Å²) >= 11 is 0. The average Bonchev–Trinajstić information content (AvgIpc) is 2.66. The van der Waals surface area contributed by atoms with Crippen LogP contribution in [0.5, 0.6) is 0 Å². The number of cyclic esters (lactones) is 1. The van der Waals surface area contributed by atoms with Crippen LogP contribution in [0.4, 0.5) is 0 Å². The zero-order valence-corrected chi connectivity index (χ0v) is 10.9. The summed E-state index contributed by atoms with van der Waals surface area (Å²) in [7, 11) is 0. The standard InChI is InChI=1S/C14H17NO4/c1-8(2)7-11(13(16)17)15-12-9-5-3-4-6-10(9)14(18)19-12/h3-6,8,11-12,15H,7H2,1-2H3,(H,16,17). The fourth-order valence-corrected chi connectivity index (χ4v) is 2.16. The van der Waals surface area contributed by atoms with E-state index in [-0.39, 0.29) is 5.92 Å². The lowest BCUT2D eigenvalue weighted by Crippen LogP contribution is -2.40. The van der Waals surface area contributed by atoms with E-state index in [2.05, 4.69) is 5.32 Å². The summed E-state index contributed by atoms with van der Waals surface area (Å²) in [6.07, 6.45) is -0.200. The number of ether oxygens (including phenoxy) is 1. The lowest BCUT2D eigenvalue weighted by Gasteiger charge is -2.20. The molecule has 0 saturated carbocycles. The number of aliphatic carboxylic acids is 1. The zero-order chi connectivity index (χ0) is 14.0. The van der Waals surface area contributed by atoms with Crippen LogP contribution in [-0.2, 0) is 9.53 Å². The molecule has 2 N–H and O–H groups in total. The molecule has 1 aliphatic heterocycles. The van der Waals surface area contributed by atoms with Gasteiger partial charge < -0.3 is 9.84 Å². The third-order valence-electron chi connectivity index (χ3n) is 3.05. The molecule has 5 heteroatoms. The van der Waals surface area contributed by atoms with Gasteiger partial charge in [0.25, 0.3) is 0 Å². The molecule has 0 fully saturated rings. The highest BCUT2D eigenvalue weighted by molar-refractivity contribution is 5.94. The van der Waals surface area contributed by atoms with Gasteiger partial charge in [0.1, 0.15) is 6.04 Å². The Kier molecular flexibility index (Phi) is 3.85. The smallest absolute Gasteiger partial charge is 0.340 e. The average molecular weight is 263 g/mol. The van der Waals surface area contributed by atoms with Crippen LogP contribution in [0.3, 0.4) is 0 Å². The molecule has 2 rings (SSSR count). The Hall–Kier alpha value is -1.88. The van der Waals surface area contributed by atoms with Gasteiger partial charge in [-0.05, 0) is 18.4 Å². The maximum absolute atomic E-state index is 11.6. The Morgan fingerprint density at radius 1 is 1.42 bits per heavy atom. The number of hydrogen-bond donors (Lipinski definition) is 2. The number of esters is 1. The highest BCUT2D eigenvalue weighted by atomic mass is 16.6. The summed E-state index contributed by atoms with van der Waals surface area (Å²) in [6.45, 7) is 3.90. The fraction of sp³-hybridized carbons (Fsp3) is 0.429. The largest absolute Gasteiger partial charge is 0.480 e. The van der Waals surface area contributed by atoms with Crippen LogP contribution in [0.1, 0.15) is 42.4 Å². The summed E-state index contributed by atoms with van der Waals surface area (Å²) in [5, 5.41) is 12.1.